The number of carbonyl (C=O) groups excluding carboxylic acids is 4. The van der Waals surface area contributed by atoms with Crippen molar-refractivity contribution < 1.29 is 34.2 Å². The Kier molecular flexibility index (Phi) is 11.6. The first-order valence-electron chi connectivity index (χ1n) is 5.88. The van der Waals surface area contributed by atoms with E-state index in [9.17, 15) is 19.2 Å². The first-order valence-corrected chi connectivity index (χ1v) is 5.88. The maximum absolute atomic E-state index is 10.1. The summed E-state index contributed by atoms with van der Waals surface area (Å²) in [6.07, 6.45) is -0.338. The second-order valence-corrected chi connectivity index (χ2v) is 3.23. The van der Waals surface area contributed by atoms with Crippen LogP contribution >= 0.6 is 0 Å². The van der Waals surface area contributed by atoms with Gasteiger partial charge in [0.25, 0.3) is 0 Å². The van der Waals surface area contributed by atoms with E-state index >= 15 is 0 Å². The Morgan fingerprint density at radius 3 is 0.950 bits per heavy atom. The quantitative estimate of drug-likeness (QED) is 0.462. The molecule has 2 saturated heterocycles. The van der Waals surface area contributed by atoms with E-state index in [2.05, 4.69) is 10.6 Å². The van der Waals surface area contributed by atoms with Gasteiger partial charge in [-0.1, -0.05) is 13.8 Å². The van der Waals surface area contributed by atoms with Crippen LogP contribution < -0.4 is 10.6 Å². The normalized spacial score (nSPS) is 15.5. The van der Waals surface area contributed by atoms with Crippen molar-refractivity contribution in [2.45, 2.75) is 39.5 Å². The van der Waals surface area contributed by atoms with Gasteiger partial charge >= 0.3 is 6.16 Å². The maximum Gasteiger partial charge on any atom is 0.503 e. The van der Waals surface area contributed by atoms with Gasteiger partial charge in [-0.15, -0.1) is 0 Å². The first kappa shape index (κ1) is 19.9. The molecule has 0 atom stereocenters. The minimum atomic E-state index is -1.83. The molecule has 2 aliphatic heterocycles. The van der Waals surface area contributed by atoms with Crippen LogP contribution in [-0.2, 0) is 19.2 Å². The topological polar surface area (TPSA) is 150 Å². The van der Waals surface area contributed by atoms with Gasteiger partial charge in [0.1, 0.15) is 0 Å². The number of imide groups is 2. The average molecular weight is 290 g/mol. The zero-order valence-corrected chi connectivity index (χ0v) is 11.3. The molecule has 0 unspecified atom stereocenters. The summed E-state index contributed by atoms with van der Waals surface area (Å²) in [6, 6.07) is 0. The van der Waals surface area contributed by atoms with Crippen LogP contribution in [0, 0.1) is 0 Å². The summed E-state index contributed by atoms with van der Waals surface area (Å²) in [5.74, 6) is -0.593. The fourth-order valence-corrected chi connectivity index (χ4v) is 1.02. The summed E-state index contributed by atoms with van der Waals surface area (Å²) in [5.41, 5.74) is 0. The van der Waals surface area contributed by atoms with Crippen LogP contribution in [0.25, 0.3) is 0 Å². The van der Waals surface area contributed by atoms with Crippen molar-refractivity contribution in [3.8, 4) is 0 Å². The molecule has 2 rings (SSSR count). The van der Waals surface area contributed by atoms with Gasteiger partial charge < -0.3 is 10.2 Å². The summed E-state index contributed by atoms with van der Waals surface area (Å²) in [7, 11) is 0. The zero-order valence-electron chi connectivity index (χ0n) is 11.3. The van der Waals surface area contributed by atoms with Crippen LogP contribution in [0.2, 0.25) is 0 Å². The van der Waals surface area contributed by atoms with Crippen LogP contribution in [0.5, 0.6) is 0 Å². The molecule has 4 amide bonds. The van der Waals surface area contributed by atoms with Gasteiger partial charge in [0.2, 0.25) is 23.6 Å². The summed E-state index contributed by atoms with van der Waals surface area (Å²) in [6.45, 7) is 4.00. The Bertz CT molecular complexity index is 317. The molecular formula is C11H18N2O7. The number of amides is 4. The van der Waals surface area contributed by atoms with Gasteiger partial charge in [0.05, 0.1) is 0 Å². The van der Waals surface area contributed by atoms with Crippen LogP contribution in [0.1, 0.15) is 39.5 Å². The number of carbonyl (C=O) groups is 5. The van der Waals surface area contributed by atoms with Crippen molar-refractivity contribution in [1.29, 1.82) is 0 Å². The highest BCUT2D eigenvalue weighted by Gasteiger charge is 2.16. The lowest BCUT2D eigenvalue weighted by Gasteiger charge is -1.79. The van der Waals surface area contributed by atoms with Crippen molar-refractivity contribution in [2.75, 3.05) is 0 Å². The molecule has 0 radical (unpaired) electrons. The first-order chi connectivity index (χ1) is 9.31. The Balaban J connectivity index is 0. The molecule has 114 valence electrons. The van der Waals surface area contributed by atoms with Crippen LogP contribution in [-0.4, -0.2) is 40.0 Å². The average Bonchev–Trinajstić information content (AvgIpc) is 2.90. The number of rotatable bonds is 0. The fraction of sp³-hybridized carbons (Fsp3) is 0.545. The Morgan fingerprint density at radius 2 is 0.900 bits per heavy atom. The molecule has 4 N–H and O–H groups in total. The second-order valence-electron chi connectivity index (χ2n) is 3.23. The van der Waals surface area contributed by atoms with Crippen LogP contribution in [0.4, 0.5) is 4.79 Å². The third kappa shape index (κ3) is 13.6. The Morgan fingerprint density at radius 1 is 0.750 bits per heavy atom. The summed E-state index contributed by atoms with van der Waals surface area (Å²) >= 11 is 0. The standard InChI is InChI=1S/2C4H5NO2.C2H6.CH2O3/c2*6-3-1-2-4(7)5-3;1-2;2-1(3)4/h2*1-2H2,(H,5,6,7);1-2H3;(H2,2,3,4). The summed E-state index contributed by atoms with van der Waals surface area (Å²) in [4.78, 5) is 49.0. The SMILES string of the molecule is CC.O=C(O)O.O=C1CCC(=O)N1.O=C1CCC(=O)N1. The molecule has 0 saturated carbocycles. The van der Waals surface area contributed by atoms with Gasteiger partial charge in [-0.05, 0) is 0 Å². The number of hydrogen-bond acceptors (Lipinski definition) is 5. The van der Waals surface area contributed by atoms with Crippen molar-refractivity contribution in [2.24, 2.45) is 0 Å². The fourth-order valence-electron chi connectivity index (χ4n) is 1.02. The van der Waals surface area contributed by atoms with Gasteiger partial charge in [0.15, 0.2) is 0 Å². The minimum Gasteiger partial charge on any atom is -0.450 e. The molecule has 9 heteroatoms. The largest absolute Gasteiger partial charge is 0.503 e. The Labute approximate surface area is 115 Å². The molecule has 0 aliphatic carbocycles. The zero-order chi connectivity index (χ0) is 16.1. The van der Waals surface area contributed by atoms with Crippen molar-refractivity contribution in [1.82, 2.24) is 10.6 Å². The van der Waals surface area contributed by atoms with E-state index in [1.807, 2.05) is 13.8 Å². The molecule has 2 heterocycles. The van der Waals surface area contributed by atoms with Gasteiger partial charge in [-0.3, -0.25) is 29.8 Å². The lowest BCUT2D eigenvalue weighted by molar-refractivity contribution is -0.126. The van der Waals surface area contributed by atoms with E-state index in [1.54, 1.807) is 0 Å². The molecule has 0 bridgehead atoms. The molecule has 0 aromatic rings. The molecule has 2 fully saturated rings. The van der Waals surface area contributed by atoms with Crippen LogP contribution in [0.15, 0.2) is 0 Å². The Hall–Kier alpha value is -2.45. The van der Waals surface area contributed by atoms with Crippen molar-refractivity contribution in [3.05, 3.63) is 0 Å². The van der Waals surface area contributed by atoms with Crippen LogP contribution in [0.3, 0.4) is 0 Å². The van der Waals surface area contributed by atoms with Gasteiger partial charge in [0, 0.05) is 25.7 Å². The van der Waals surface area contributed by atoms with E-state index in [1.165, 1.54) is 0 Å². The number of hydrogen-bond donors (Lipinski definition) is 4. The van der Waals surface area contributed by atoms with Gasteiger partial charge in [-0.25, -0.2) is 4.79 Å². The van der Waals surface area contributed by atoms with Crippen molar-refractivity contribution in [3.63, 3.8) is 0 Å². The molecule has 20 heavy (non-hydrogen) atoms. The van der Waals surface area contributed by atoms with Gasteiger partial charge in [-0.2, -0.15) is 0 Å². The smallest absolute Gasteiger partial charge is 0.450 e. The lowest BCUT2D eigenvalue weighted by Crippen LogP contribution is -2.18. The molecule has 0 spiro atoms. The van der Waals surface area contributed by atoms with E-state index in [-0.39, 0.29) is 23.6 Å². The minimum absolute atomic E-state index is 0.148. The van der Waals surface area contributed by atoms with E-state index in [0.29, 0.717) is 25.7 Å². The maximum atomic E-state index is 10.1. The van der Waals surface area contributed by atoms with E-state index in [4.69, 9.17) is 15.0 Å². The highest BCUT2D eigenvalue weighted by molar-refractivity contribution is 6.02. The van der Waals surface area contributed by atoms with E-state index in [0.717, 1.165) is 0 Å². The lowest BCUT2D eigenvalue weighted by atomic mass is 10.4. The predicted octanol–water partition coefficient (Wildman–Crippen LogP) is 0.0946. The monoisotopic (exact) mass is 290 g/mol. The third-order valence-electron chi connectivity index (χ3n) is 1.72. The number of carboxylic acid groups (broad SMARTS) is 2. The molecule has 9 nitrogen and oxygen atoms in total. The summed E-state index contributed by atoms with van der Waals surface area (Å²) in [5, 5.41) is 18.2. The predicted molar refractivity (Wildman–Crippen MR) is 66.8 cm³/mol. The third-order valence-corrected chi connectivity index (χ3v) is 1.72. The molecular weight excluding hydrogens is 272 g/mol. The highest BCUT2D eigenvalue weighted by Crippen LogP contribution is 1.96. The van der Waals surface area contributed by atoms with E-state index < -0.39 is 6.16 Å². The highest BCUT2D eigenvalue weighted by atomic mass is 16.6. The molecule has 2 aliphatic rings. The molecule has 0 aromatic carbocycles. The summed E-state index contributed by atoms with van der Waals surface area (Å²) < 4.78 is 0. The number of nitrogens with one attached hydrogen (secondary N) is 2. The van der Waals surface area contributed by atoms with Crippen molar-refractivity contribution >= 4 is 29.8 Å². The second kappa shape index (κ2) is 11.6. The molecule has 0 aromatic heterocycles.